The molecule has 0 aliphatic rings. The summed E-state index contributed by atoms with van der Waals surface area (Å²) in [6.45, 7) is 5.17. The highest BCUT2D eigenvalue weighted by molar-refractivity contribution is 6.34. The maximum Gasteiger partial charge on any atom is 0.246 e. The second-order valence-corrected chi connectivity index (χ2v) is 6.00. The smallest absolute Gasteiger partial charge is 0.246 e. The lowest BCUT2D eigenvalue weighted by atomic mass is 10.2. The van der Waals surface area contributed by atoms with Crippen LogP contribution >= 0.6 is 11.6 Å². The van der Waals surface area contributed by atoms with Gasteiger partial charge in [0.1, 0.15) is 6.04 Å². The Labute approximate surface area is 146 Å². The molecular formula is C18H20ClN3O2. The van der Waals surface area contributed by atoms with Crippen molar-refractivity contribution in [3.8, 4) is 0 Å². The number of rotatable bonds is 5. The summed E-state index contributed by atoms with van der Waals surface area (Å²) in [6, 6.07) is 12.3. The van der Waals surface area contributed by atoms with E-state index in [1.807, 2.05) is 31.2 Å². The van der Waals surface area contributed by atoms with Crippen molar-refractivity contribution < 1.29 is 9.59 Å². The predicted octanol–water partition coefficient (Wildman–Crippen LogP) is 4.05. The van der Waals surface area contributed by atoms with Crippen molar-refractivity contribution in [3.05, 3.63) is 53.1 Å². The summed E-state index contributed by atoms with van der Waals surface area (Å²) < 4.78 is 0. The summed E-state index contributed by atoms with van der Waals surface area (Å²) in [5, 5.41) is 8.97. The fourth-order valence-corrected chi connectivity index (χ4v) is 2.33. The molecule has 6 heteroatoms. The van der Waals surface area contributed by atoms with Gasteiger partial charge >= 0.3 is 0 Å². The van der Waals surface area contributed by atoms with Gasteiger partial charge in [-0.25, -0.2) is 0 Å². The number of hydrogen-bond acceptors (Lipinski definition) is 3. The maximum atomic E-state index is 12.2. The molecule has 2 aromatic rings. The summed E-state index contributed by atoms with van der Waals surface area (Å²) in [5.41, 5.74) is 3.11. The quantitative estimate of drug-likeness (QED) is 0.765. The number of hydrogen-bond donors (Lipinski definition) is 3. The lowest BCUT2D eigenvalue weighted by molar-refractivity contribution is -0.116. The first kappa shape index (κ1) is 17.8. The van der Waals surface area contributed by atoms with E-state index in [2.05, 4.69) is 16.0 Å². The number of carbonyl (C=O) groups excluding carboxylic acids is 2. The van der Waals surface area contributed by atoms with E-state index in [9.17, 15) is 9.59 Å². The molecule has 0 bridgehead atoms. The molecule has 2 amide bonds. The Morgan fingerprint density at radius 2 is 1.62 bits per heavy atom. The van der Waals surface area contributed by atoms with Crippen LogP contribution in [0.2, 0.25) is 5.02 Å². The van der Waals surface area contributed by atoms with Crippen molar-refractivity contribution in [2.24, 2.45) is 0 Å². The minimum absolute atomic E-state index is 0.152. The van der Waals surface area contributed by atoms with Gasteiger partial charge in [0, 0.05) is 18.3 Å². The van der Waals surface area contributed by atoms with Crippen molar-refractivity contribution in [1.82, 2.24) is 0 Å². The van der Waals surface area contributed by atoms with E-state index in [4.69, 9.17) is 11.6 Å². The molecule has 0 aromatic heterocycles. The maximum absolute atomic E-state index is 12.2. The van der Waals surface area contributed by atoms with Crippen LogP contribution in [0.1, 0.15) is 19.4 Å². The molecule has 2 aromatic carbocycles. The molecule has 0 saturated carbocycles. The topological polar surface area (TPSA) is 70.2 Å². The monoisotopic (exact) mass is 345 g/mol. The molecule has 0 saturated heterocycles. The molecule has 0 aliphatic heterocycles. The second-order valence-electron chi connectivity index (χ2n) is 5.60. The van der Waals surface area contributed by atoms with Crippen LogP contribution in [-0.2, 0) is 9.59 Å². The third-order valence-corrected chi connectivity index (χ3v) is 3.69. The lowest BCUT2D eigenvalue weighted by Gasteiger charge is -2.16. The molecule has 5 nitrogen and oxygen atoms in total. The van der Waals surface area contributed by atoms with Gasteiger partial charge in [0.2, 0.25) is 11.8 Å². The first-order valence-electron chi connectivity index (χ1n) is 7.56. The molecule has 1 atom stereocenters. The Hall–Kier alpha value is -2.53. The van der Waals surface area contributed by atoms with Crippen LogP contribution in [0.15, 0.2) is 42.5 Å². The normalized spacial score (nSPS) is 11.5. The van der Waals surface area contributed by atoms with E-state index in [-0.39, 0.29) is 11.8 Å². The first-order chi connectivity index (χ1) is 11.3. The highest BCUT2D eigenvalue weighted by Gasteiger charge is 2.13. The van der Waals surface area contributed by atoms with Gasteiger partial charge in [0.05, 0.1) is 10.7 Å². The highest BCUT2D eigenvalue weighted by atomic mass is 35.5. The van der Waals surface area contributed by atoms with Gasteiger partial charge in [-0.3, -0.25) is 9.59 Å². The molecule has 24 heavy (non-hydrogen) atoms. The third kappa shape index (κ3) is 4.99. The molecule has 0 aliphatic carbocycles. The van der Waals surface area contributed by atoms with Gasteiger partial charge in [-0.05, 0) is 44.2 Å². The van der Waals surface area contributed by atoms with Crippen LogP contribution in [0.3, 0.4) is 0 Å². The average Bonchev–Trinajstić information content (AvgIpc) is 2.52. The highest BCUT2D eigenvalue weighted by Crippen LogP contribution is 2.26. The minimum Gasteiger partial charge on any atom is -0.374 e. The first-order valence-corrected chi connectivity index (χ1v) is 7.94. The molecule has 2 rings (SSSR count). The lowest BCUT2D eigenvalue weighted by Crippen LogP contribution is -2.31. The van der Waals surface area contributed by atoms with E-state index in [1.54, 1.807) is 25.1 Å². The molecule has 0 radical (unpaired) electrons. The minimum atomic E-state index is -0.450. The fraction of sp³-hybridized carbons (Fsp3) is 0.222. The van der Waals surface area contributed by atoms with E-state index in [0.717, 1.165) is 11.3 Å². The molecule has 126 valence electrons. The number of anilines is 3. The predicted molar refractivity (Wildman–Crippen MR) is 98.6 cm³/mol. The van der Waals surface area contributed by atoms with Crippen molar-refractivity contribution in [3.63, 3.8) is 0 Å². The zero-order chi connectivity index (χ0) is 17.7. The summed E-state index contributed by atoms with van der Waals surface area (Å²) >= 11 is 6.13. The van der Waals surface area contributed by atoms with E-state index < -0.39 is 6.04 Å². The number of carbonyl (C=O) groups is 2. The summed E-state index contributed by atoms with van der Waals surface area (Å²) in [4.78, 5) is 23.3. The van der Waals surface area contributed by atoms with Crippen LogP contribution < -0.4 is 16.0 Å². The standard InChI is InChI=1S/C18H20ClN3O2/c1-11-4-6-14(7-5-11)22-18(24)12(2)20-15-8-9-17(16(19)10-15)21-13(3)23/h4-10,12,20H,1-3H3,(H,21,23)(H,22,24). The molecule has 0 heterocycles. The summed E-state index contributed by atoms with van der Waals surface area (Å²) in [7, 11) is 0. The molecule has 0 fully saturated rings. The Morgan fingerprint density at radius 1 is 1.00 bits per heavy atom. The molecule has 3 N–H and O–H groups in total. The SMILES string of the molecule is CC(=O)Nc1ccc(NC(C)C(=O)Nc2ccc(C)cc2)cc1Cl. The van der Waals surface area contributed by atoms with Crippen LogP contribution in [0.5, 0.6) is 0 Å². The van der Waals surface area contributed by atoms with Crippen molar-refractivity contribution in [1.29, 1.82) is 0 Å². The van der Waals surface area contributed by atoms with Gasteiger partial charge in [-0.2, -0.15) is 0 Å². The summed E-state index contributed by atoms with van der Waals surface area (Å²) in [6.07, 6.45) is 0. The zero-order valence-electron chi connectivity index (χ0n) is 13.8. The number of benzene rings is 2. The van der Waals surface area contributed by atoms with Crippen LogP contribution in [0, 0.1) is 6.92 Å². The van der Waals surface area contributed by atoms with E-state index in [1.165, 1.54) is 6.92 Å². The van der Waals surface area contributed by atoms with Gasteiger partial charge in [-0.1, -0.05) is 29.3 Å². The Morgan fingerprint density at radius 3 is 2.21 bits per heavy atom. The zero-order valence-corrected chi connectivity index (χ0v) is 14.6. The Balaban J connectivity index is 1.99. The Bertz CT molecular complexity index is 744. The van der Waals surface area contributed by atoms with Crippen LogP contribution in [0.25, 0.3) is 0 Å². The van der Waals surface area contributed by atoms with Crippen molar-refractivity contribution in [2.75, 3.05) is 16.0 Å². The average molecular weight is 346 g/mol. The number of amides is 2. The van der Waals surface area contributed by atoms with Crippen molar-refractivity contribution >= 4 is 40.5 Å². The second kappa shape index (κ2) is 7.84. The van der Waals surface area contributed by atoms with Gasteiger partial charge in [0.15, 0.2) is 0 Å². The van der Waals surface area contributed by atoms with Crippen molar-refractivity contribution in [2.45, 2.75) is 26.8 Å². The fourth-order valence-electron chi connectivity index (χ4n) is 2.10. The van der Waals surface area contributed by atoms with Gasteiger partial charge in [0.25, 0.3) is 0 Å². The molecule has 1 unspecified atom stereocenters. The van der Waals surface area contributed by atoms with Crippen LogP contribution in [0.4, 0.5) is 17.1 Å². The largest absolute Gasteiger partial charge is 0.374 e. The number of halogens is 1. The number of nitrogens with one attached hydrogen (secondary N) is 3. The Kier molecular flexibility index (Phi) is 5.82. The molecular weight excluding hydrogens is 326 g/mol. The van der Waals surface area contributed by atoms with Crippen LogP contribution in [-0.4, -0.2) is 17.9 Å². The third-order valence-electron chi connectivity index (χ3n) is 3.38. The van der Waals surface area contributed by atoms with E-state index >= 15 is 0 Å². The van der Waals surface area contributed by atoms with Gasteiger partial charge < -0.3 is 16.0 Å². The number of aryl methyl sites for hydroxylation is 1. The molecule has 0 spiro atoms. The summed E-state index contributed by atoms with van der Waals surface area (Å²) in [5.74, 6) is -0.343. The van der Waals surface area contributed by atoms with Gasteiger partial charge in [-0.15, -0.1) is 0 Å². The van der Waals surface area contributed by atoms with E-state index in [0.29, 0.717) is 16.4 Å².